The Labute approximate surface area is 153 Å². The predicted molar refractivity (Wildman–Crippen MR) is 102 cm³/mol. The molecule has 0 aliphatic heterocycles. The Hall–Kier alpha value is -2.15. The molecular formula is C18H21BrN4O2. The van der Waals surface area contributed by atoms with Gasteiger partial charge >= 0.3 is 5.69 Å². The van der Waals surface area contributed by atoms with Crippen molar-refractivity contribution >= 4 is 27.1 Å². The molecule has 3 rings (SSSR count). The zero-order chi connectivity index (χ0) is 18.1. The van der Waals surface area contributed by atoms with Gasteiger partial charge in [0.15, 0.2) is 5.65 Å². The Balaban J connectivity index is 2.14. The second-order valence-corrected chi connectivity index (χ2v) is 7.44. The first kappa shape index (κ1) is 17.7. The van der Waals surface area contributed by atoms with Gasteiger partial charge in [-0.15, -0.1) is 0 Å². The van der Waals surface area contributed by atoms with Gasteiger partial charge in [-0.25, -0.2) is 9.78 Å². The first-order valence-corrected chi connectivity index (χ1v) is 9.16. The molecule has 6 nitrogen and oxygen atoms in total. The summed E-state index contributed by atoms with van der Waals surface area (Å²) in [5.41, 5.74) is 1.32. The van der Waals surface area contributed by atoms with E-state index in [0.717, 1.165) is 10.0 Å². The van der Waals surface area contributed by atoms with Crippen LogP contribution in [0.15, 0.2) is 38.3 Å². The van der Waals surface area contributed by atoms with E-state index < -0.39 is 0 Å². The number of fused-ring (bicyclic) bond motifs is 1. The number of aromatic amines is 1. The summed E-state index contributed by atoms with van der Waals surface area (Å²) in [6.45, 7) is 6.74. The van der Waals surface area contributed by atoms with Gasteiger partial charge in [0.2, 0.25) is 0 Å². The monoisotopic (exact) mass is 404 g/mol. The fourth-order valence-corrected chi connectivity index (χ4v) is 3.17. The molecule has 25 heavy (non-hydrogen) atoms. The summed E-state index contributed by atoms with van der Waals surface area (Å²) >= 11 is 3.42. The van der Waals surface area contributed by atoms with E-state index in [1.807, 2.05) is 38.1 Å². The maximum atomic E-state index is 12.6. The lowest BCUT2D eigenvalue weighted by molar-refractivity contribution is 0.491. The molecule has 7 heteroatoms. The maximum Gasteiger partial charge on any atom is 0.332 e. The van der Waals surface area contributed by atoms with Crippen molar-refractivity contribution in [1.82, 2.24) is 19.1 Å². The topological polar surface area (TPSA) is 72.7 Å². The highest BCUT2D eigenvalue weighted by atomic mass is 79.9. The van der Waals surface area contributed by atoms with E-state index in [1.165, 1.54) is 4.57 Å². The summed E-state index contributed by atoms with van der Waals surface area (Å²) in [6, 6.07) is 7.94. The Kier molecular flexibility index (Phi) is 4.94. The molecule has 0 aliphatic rings. The lowest BCUT2D eigenvalue weighted by atomic mass is 10.1. The van der Waals surface area contributed by atoms with E-state index in [1.54, 1.807) is 11.5 Å². The molecule has 2 heterocycles. The van der Waals surface area contributed by atoms with Crippen LogP contribution in [0.2, 0.25) is 0 Å². The summed E-state index contributed by atoms with van der Waals surface area (Å²) in [7, 11) is 0. The molecule has 0 saturated heterocycles. The van der Waals surface area contributed by atoms with Gasteiger partial charge in [0.05, 0.1) is 0 Å². The highest BCUT2D eigenvalue weighted by Crippen LogP contribution is 2.15. The van der Waals surface area contributed by atoms with Crippen molar-refractivity contribution < 1.29 is 0 Å². The van der Waals surface area contributed by atoms with Crippen molar-refractivity contribution in [2.45, 2.75) is 40.3 Å². The Bertz CT molecular complexity index is 1010. The minimum Gasteiger partial charge on any atom is -0.336 e. The third-order valence-electron chi connectivity index (χ3n) is 4.06. The molecule has 0 radical (unpaired) electrons. The Morgan fingerprint density at radius 3 is 2.44 bits per heavy atom. The summed E-state index contributed by atoms with van der Waals surface area (Å²) in [5.74, 6) is 0.954. The molecule has 0 aliphatic carbocycles. The largest absolute Gasteiger partial charge is 0.336 e. The van der Waals surface area contributed by atoms with E-state index in [0.29, 0.717) is 36.5 Å². The zero-order valence-corrected chi connectivity index (χ0v) is 16.1. The number of hydrogen-bond donors (Lipinski definition) is 1. The highest BCUT2D eigenvalue weighted by molar-refractivity contribution is 9.10. The van der Waals surface area contributed by atoms with Gasteiger partial charge in [-0.05, 0) is 30.5 Å². The third-order valence-corrected chi connectivity index (χ3v) is 4.59. The molecule has 132 valence electrons. The van der Waals surface area contributed by atoms with Crippen molar-refractivity contribution in [1.29, 1.82) is 0 Å². The first-order valence-electron chi connectivity index (χ1n) is 8.37. The normalized spacial score (nSPS) is 11.6. The average molecular weight is 405 g/mol. The number of hydrogen-bond acceptors (Lipinski definition) is 3. The minimum absolute atomic E-state index is 0.273. The second-order valence-electron chi connectivity index (χ2n) is 6.52. The number of aromatic nitrogens is 4. The van der Waals surface area contributed by atoms with Crippen LogP contribution in [0.3, 0.4) is 0 Å². The standard InChI is InChI=1S/C18H21BrN4O2/c1-4-22-17(24)15-16(23(18(22)25)10-11(2)3)21-14(20-15)9-12-5-7-13(19)8-6-12/h5-8,11H,4,9-10H2,1-3H3,(H,20,21). The van der Waals surface area contributed by atoms with Crippen molar-refractivity contribution in [3.63, 3.8) is 0 Å². The number of imidazole rings is 1. The fourth-order valence-electron chi connectivity index (χ4n) is 2.90. The van der Waals surface area contributed by atoms with Crippen LogP contribution >= 0.6 is 15.9 Å². The predicted octanol–water partition coefficient (Wildman–Crippen LogP) is 2.92. The highest BCUT2D eigenvalue weighted by Gasteiger charge is 2.17. The van der Waals surface area contributed by atoms with Gasteiger partial charge in [-0.1, -0.05) is 41.9 Å². The number of nitrogens with one attached hydrogen (secondary N) is 1. The fraction of sp³-hybridized carbons (Fsp3) is 0.389. The Morgan fingerprint density at radius 2 is 1.84 bits per heavy atom. The summed E-state index contributed by atoms with van der Waals surface area (Å²) in [5, 5.41) is 0. The van der Waals surface area contributed by atoms with E-state index >= 15 is 0 Å². The van der Waals surface area contributed by atoms with Gasteiger partial charge in [-0.2, -0.15) is 0 Å². The Morgan fingerprint density at radius 1 is 1.16 bits per heavy atom. The smallest absolute Gasteiger partial charge is 0.332 e. The van der Waals surface area contributed by atoms with Crippen LogP contribution in [0, 0.1) is 5.92 Å². The van der Waals surface area contributed by atoms with Gasteiger partial charge in [0.25, 0.3) is 5.56 Å². The van der Waals surface area contributed by atoms with Gasteiger partial charge in [0.1, 0.15) is 11.3 Å². The van der Waals surface area contributed by atoms with Gasteiger partial charge in [-0.3, -0.25) is 13.9 Å². The molecule has 1 N–H and O–H groups in total. The molecule has 0 spiro atoms. The van der Waals surface area contributed by atoms with Crippen LogP contribution in [0.1, 0.15) is 32.2 Å². The SMILES string of the molecule is CCn1c(=O)c2[nH]c(Cc3ccc(Br)cc3)nc2n(CC(C)C)c1=O. The maximum absolute atomic E-state index is 12.6. The summed E-state index contributed by atoms with van der Waals surface area (Å²) in [6.07, 6.45) is 0.573. The van der Waals surface area contributed by atoms with Crippen LogP contribution in [-0.2, 0) is 19.5 Å². The van der Waals surface area contributed by atoms with E-state index in [-0.39, 0.29) is 17.2 Å². The minimum atomic E-state index is -0.308. The number of nitrogens with zero attached hydrogens (tertiary/aromatic N) is 3. The second kappa shape index (κ2) is 7.00. The molecule has 0 bridgehead atoms. The van der Waals surface area contributed by atoms with Crippen LogP contribution < -0.4 is 11.2 Å². The van der Waals surface area contributed by atoms with Crippen molar-refractivity contribution in [2.24, 2.45) is 5.92 Å². The van der Waals surface area contributed by atoms with Crippen LogP contribution in [-0.4, -0.2) is 19.1 Å². The molecule has 1 aromatic carbocycles. The van der Waals surface area contributed by atoms with Crippen molar-refractivity contribution in [3.8, 4) is 0 Å². The van der Waals surface area contributed by atoms with E-state index in [9.17, 15) is 9.59 Å². The van der Waals surface area contributed by atoms with Crippen molar-refractivity contribution in [2.75, 3.05) is 0 Å². The van der Waals surface area contributed by atoms with E-state index in [4.69, 9.17) is 0 Å². The van der Waals surface area contributed by atoms with Crippen LogP contribution in [0.25, 0.3) is 11.2 Å². The van der Waals surface area contributed by atoms with Gasteiger partial charge in [0, 0.05) is 24.0 Å². The number of rotatable bonds is 5. The molecule has 0 fully saturated rings. The van der Waals surface area contributed by atoms with Crippen LogP contribution in [0.4, 0.5) is 0 Å². The average Bonchev–Trinajstić information content (AvgIpc) is 2.98. The quantitative estimate of drug-likeness (QED) is 0.710. The molecule has 0 unspecified atom stereocenters. The molecule has 3 aromatic rings. The van der Waals surface area contributed by atoms with Gasteiger partial charge < -0.3 is 4.98 Å². The molecule has 0 saturated carbocycles. The first-order chi connectivity index (χ1) is 11.9. The number of halogens is 1. The van der Waals surface area contributed by atoms with Crippen molar-refractivity contribution in [3.05, 3.63) is 61.0 Å². The summed E-state index contributed by atoms with van der Waals surface area (Å²) < 4.78 is 3.87. The van der Waals surface area contributed by atoms with E-state index in [2.05, 4.69) is 25.9 Å². The molecule has 2 aromatic heterocycles. The molecule has 0 amide bonds. The summed E-state index contributed by atoms with van der Waals surface area (Å²) in [4.78, 5) is 32.9. The molecule has 0 atom stereocenters. The van der Waals surface area contributed by atoms with Crippen LogP contribution in [0.5, 0.6) is 0 Å². The zero-order valence-electron chi connectivity index (χ0n) is 14.5. The lowest BCUT2D eigenvalue weighted by Crippen LogP contribution is -2.40. The number of H-pyrrole nitrogens is 1. The lowest BCUT2D eigenvalue weighted by Gasteiger charge is -2.11. The molecular weight excluding hydrogens is 384 g/mol. The third kappa shape index (κ3) is 3.46. The number of benzene rings is 1.